The average molecular weight is 289 g/mol. The van der Waals surface area contributed by atoms with E-state index in [-0.39, 0.29) is 11.8 Å². The molecule has 2 amide bonds. The summed E-state index contributed by atoms with van der Waals surface area (Å²) in [5.41, 5.74) is 0.241. The first-order chi connectivity index (χ1) is 10.0. The van der Waals surface area contributed by atoms with Gasteiger partial charge in [-0.2, -0.15) is 0 Å². The maximum atomic E-state index is 13.1. The van der Waals surface area contributed by atoms with Crippen LogP contribution < -0.4 is 4.90 Å². The first-order valence-corrected chi connectivity index (χ1v) is 7.92. The maximum Gasteiger partial charge on any atom is 0.239 e. The Labute approximate surface area is 128 Å². The molecule has 0 unspecified atom stereocenters. The van der Waals surface area contributed by atoms with E-state index in [1.54, 1.807) is 0 Å². The van der Waals surface area contributed by atoms with Gasteiger partial charge >= 0.3 is 0 Å². The Kier molecular flexibility index (Phi) is 6.60. The van der Waals surface area contributed by atoms with E-state index in [0.717, 1.165) is 32.1 Å². The van der Waals surface area contributed by atoms with Crippen LogP contribution in [0.4, 0.5) is 5.69 Å². The molecule has 21 heavy (non-hydrogen) atoms. The number of carbonyl (C=O) groups is 2. The van der Waals surface area contributed by atoms with Gasteiger partial charge in [0.2, 0.25) is 11.8 Å². The lowest BCUT2D eigenvalue weighted by Gasteiger charge is -2.35. The molecule has 0 heterocycles. The molecular formula is C18H27NO2. The first kappa shape index (κ1) is 17.4. The standard InChI is InChI=1S/C18H27NO2/c1-5-13-18(7-3,14-6-2)17(21)19(15(4)20)16-11-9-8-10-12-16/h8-12H,5-7,13-14H2,1-4H3. The Morgan fingerprint density at radius 1 is 1.00 bits per heavy atom. The molecule has 3 nitrogen and oxygen atoms in total. The molecule has 0 aromatic heterocycles. The van der Waals surface area contributed by atoms with Gasteiger partial charge in [0.1, 0.15) is 0 Å². The van der Waals surface area contributed by atoms with E-state index in [2.05, 4.69) is 13.8 Å². The van der Waals surface area contributed by atoms with Crippen LogP contribution in [0.15, 0.2) is 30.3 Å². The molecule has 0 N–H and O–H groups in total. The zero-order valence-electron chi connectivity index (χ0n) is 13.7. The summed E-state index contributed by atoms with van der Waals surface area (Å²) >= 11 is 0. The summed E-state index contributed by atoms with van der Waals surface area (Å²) in [4.78, 5) is 26.5. The molecule has 0 saturated heterocycles. The maximum absolute atomic E-state index is 13.1. The van der Waals surface area contributed by atoms with Crippen molar-refractivity contribution in [2.45, 2.75) is 59.8 Å². The largest absolute Gasteiger partial charge is 0.274 e. The van der Waals surface area contributed by atoms with Crippen LogP contribution in [0.5, 0.6) is 0 Å². The third-order valence-electron chi connectivity index (χ3n) is 4.12. The number of hydrogen-bond donors (Lipinski definition) is 0. The Morgan fingerprint density at radius 2 is 1.52 bits per heavy atom. The van der Waals surface area contributed by atoms with Crippen LogP contribution in [0.1, 0.15) is 59.8 Å². The summed E-state index contributed by atoms with van der Waals surface area (Å²) < 4.78 is 0. The molecule has 116 valence electrons. The lowest BCUT2D eigenvalue weighted by Crippen LogP contribution is -2.46. The fourth-order valence-corrected chi connectivity index (χ4v) is 3.06. The van der Waals surface area contributed by atoms with Crippen molar-refractivity contribution in [3.05, 3.63) is 30.3 Å². The molecule has 0 spiro atoms. The molecule has 0 fully saturated rings. The number of rotatable bonds is 7. The fraction of sp³-hybridized carbons (Fsp3) is 0.556. The van der Waals surface area contributed by atoms with Gasteiger partial charge in [-0.3, -0.25) is 14.5 Å². The van der Waals surface area contributed by atoms with Gasteiger partial charge in [0.15, 0.2) is 0 Å². The van der Waals surface area contributed by atoms with Crippen molar-refractivity contribution < 1.29 is 9.59 Å². The van der Waals surface area contributed by atoms with E-state index in [4.69, 9.17) is 0 Å². The fourth-order valence-electron chi connectivity index (χ4n) is 3.06. The molecule has 1 rings (SSSR count). The third-order valence-corrected chi connectivity index (χ3v) is 4.12. The molecule has 3 heteroatoms. The molecule has 0 bridgehead atoms. The quantitative estimate of drug-likeness (QED) is 0.737. The van der Waals surface area contributed by atoms with Crippen molar-refractivity contribution in [2.24, 2.45) is 5.41 Å². The van der Waals surface area contributed by atoms with Gasteiger partial charge < -0.3 is 0 Å². The zero-order chi connectivity index (χ0) is 15.9. The first-order valence-electron chi connectivity index (χ1n) is 7.92. The summed E-state index contributed by atoms with van der Waals surface area (Å²) in [5, 5.41) is 0. The molecule has 0 atom stereocenters. The van der Waals surface area contributed by atoms with E-state index in [9.17, 15) is 9.59 Å². The van der Waals surface area contributed by atoms with Gasteiger partial charge in [-0.25, -0.2) is 0 Å². The summed E-state index contributed by atoms with van der Waals surface area (Å²) in [6.07, 6.45) is 4.31. The molecule has 1 aromatic rings. The van der Waals surface area contributed by atoms with Crippen molar-refractivity contribution in [1.82, 2.24) is 0 Å². The molecule has 0 aliphatic heterocycles. The van der Waals surface area contributed by atoms with E-state index in [1.807, 2.05) is 37.3 Å². The second-order valence-corrected chi connectivity index (χ2v) is 5.63. The van der Waals surface area contributed by atoms with Crippen LogP contribution in [0.25, 0.3) is 0 Å². The van der Waals surface area contributed by atoms with Crippen molar-refractivity contribution >= 4 is 17.5 Å². The van der Waals surface area contributed by atoms with Gasteiger partial charge in [-0.1, -0.05) is 51.8 Å². The Balaban J connectivity index is 3.22. The average Bonchev–Trinajstić information content (AvgIpc) is 2.47. The van der Waals surface area contributed by atoms with Crippen molar-refractivity contribution in [3.63, 3.8) is 0 Å². The van der Waals surface area contributed by atoms with Gasteiger partial charge in [0, 0.05) is 12.3 Å². The highest BCUT2D eigenvalue weighted by molar-refractivity contribution is 6.15. The minimum atomic E-state index is -0.426. The number of amides is 2. The third kappa shape index (κ3) is 3.93. The van der Waals surface area contributed by atoms with Crippen LogP contribution in [0.3, 0.4) is 0 Å². The minimum Gasteiger partial charge on any atom is -0.274 e. The molecular weight excluding hydrogens is 262 g/mol. The predicted molar refractivity (Wildman–Crippen MR) is 87.1 cm³/mol. The molecule has 0 aliphatic rings. The van der Waals surface area contributed by atoms with E-state index >= 15 is 0 Å². The van der Waals surface area contributed by atoms with Gasteiger partial charge in [-0.15, -0.1) is 0 Å². The molecule has 0 aliphatic carbocycles. The van der Waals surface area contributed by atoms with Crippen LogP contribution in [0.2, 0.25) is 0 Å². The highest BCUT2D eigenvalue weighted by Crippen LogP contribution is 2.37. The lowest BCUT2D eigenvalue weighted by molar-refractivity contribution is -0.133. The number of hydrogen-bond acceptors (Lipinski definition) is 2. The molecule has 0 radical (unpaired) electrons. The number of anilines is 1. The Morgan fingerprint density at radius 3 is 1.90 bits per heavy atom. The predicted octanol–water partition coefficient (Wildman–Crippen LogP) is 4.56. The molecule has 1 aromatic carbocycles. The highest BCUT2D eigenvalue weighted by Gasteiger charge is 2.39. The number of nitrogens with zero attached hydrogens (tertiary/aromatic N) is 1. The zero-order valence-corrected chi connectivity index (χ0v) is 13.7. The van der Waals surface area contributed by atoms with Crippen molar-refractivity contribution in [3.8, 4) is 0 Å². The van der Waals surface area contributed by atoms with Crippen molar-refractivity contribution in [2.75, 3.05) is 4.90 Å². The molecule has 0 saturated carbocycles. The Hall–Kier alpha value is -1.64. The summed E-state index contributed by atoms with van der Waals surface area (Å²) in [5.74, 6) is -0.261. The van der Waals surface area contributed by atoms with Crippen LogP contribution in [0, 0.1) is 5.41 Å². The van der Waals surface area contributed by atoms with Crippen LogP contribution in [-0.4, -0.2) is 11.8 Å². The number of para-hydroxylation sites is 1. The summed E-state index contributed by atoms with van der Waals surface area (Å²) in [7, 11) is 0. The summed E-state index contributed by atoms with van der Waals surface area (Å²) in [6, 6.07) is 9.23. The second-order valence-electron chi connectivity index (χ2n) is 5.63. The van der Waals surface area contributed by atoms with Gasteiger partial charge in [-0.05, 0) is 31.4 Å². The summed E-state index contributed by atoms with van der Waals surface area (Å²) in [6.45, 7) is 7.69. The van der Waals surface area contributed by atoms with E-state index in [0.29, 0.717) is 5.69 Å². The van der Waals surface area contributed by atoms with Crippen molar-refractivity contribution in [1.29, 1.82) is 0 Å². The smallest absolute Gasteiger partial charge is 0.239 e. The van der Waals surface area contributed by atoms with Gasteiger partial charge in [0.25, 0.3) is 0 Å². The van der Waals surface area contributed by atoms with Gasteiger partial charge in [0.05, 0.1) is 5.69 Å². The van der Waals surface area contributed by atoms with Crippen LogP contribution in [-0.2, 0) is 9.59 Å². The lowest BCUT2D eigenvalue weighted by atomic mass is 9.75. The normalized spacial score (nSPS) is 11.2. The minimum absolute atomic E-state index is 0.0487. The second kappa shape index (κ2) is 7.96. The number of imide groups is 1. The van der Waals surface area contributed by atoms with E-state index < -0.39 is 5.41 Å². The topological polar surface area (TPSA) is 37.4 Å². The van der Waals surface area contributed by atoms with E-state index in [1.165, 1.54) is 11.8 Å². The Bertz CT molecular complexity index is 461. The SMILES string of the molecule is CCCC(CC)(CCC)C(=O)N(C(C)=O)c1ccccc1. The van der Waals surface area contributed by atoms with Crippen LogP contribution >= 0.6 is 0 Å². The monoisotopic (exact) mass is 289 g/mol. The number of benzene rings is 1. The number of carbonyl (C=O) groups excluding carboxylic acids is 2. The highest BCUT2D eigenvalue weighted by atomic mass is 16.2.